The van der Waals surface area contributed by atoms with E-state index in [0.717, 1.165) is 0 Å². The van der Waals surface area contributed by atoms with E-state index in [9.17, 15) is 14.4 Å². The first kappa shape index (κ1) is 15.3. The summed E-state index contributed by atoms with van der Waals surface area (Å²) in [6.07, 6.45) is 1.10. The third-order valence-corrected chi connectivity index (χ3v) is 4.26. The summed E-state index contributed by atoms with van der Waals surface area (Å²) in [5.74, 6) is -1.49. The lowest BCUT2D eigenvalue weighted by atomic mass is 9.97. The van der Waals surface area contributed by atoms with Gasteiger partial charge in [0, 0.05) is 13.1 Å². The van der Waals surface area contributed by atoms with Crippen molar-refractivity contribution in [3.63, 3.8) is 0 Å². The van der Waals surface area contributed by atoms with Crippen LogP contribution in [0.1, 0.15) is 23.2 Å². The number of nitrogens with zero attached hydrogens (tertiary/aromatic N) is 1. The molecule has 7 nitrogen and oxygen atoms in total. The molecule has 0 unspecified atom stereocenters. The molecule has 114 valence electrons. The van der Waals surface area contributed by atoms with Crippen LogP contribution < -0.4 is 5.32 Å². The molecule has 21 heavy (non-hydrogen) atoms. The quantitative estimate of drug-likeness (QED) is 0.831. The van der Waals surface area contributed by atoms with Crippen LogP contribution in [0.5, 0.6) is 0 Å². The van der Waals surface area contributed by atoms with Crippen LogP contribution in [0.25, 0.3) is 0 Å². The average molecular weight is 312 g/mol. The van der Waals surface area contributed by atoms with Crippen LogP contribution in [0.3, 0.4) is 0 Å². The number of hydrogen-bond donors (Lipinski definition) is 2. The predicted octanol–water partition coefficient (Wildman–Crippen LogP) is 1.86. The predicted molar refractivity (Wildman–Crippen MR) is 76.6 cm³/mol. The Kier molecular flexibility index (Phi) is 4.79. The Morgan fingerprint density at radius 2 is 2.05 bits per heavy atom. The molecular weight excluding hydrogens is 296 g/mol. The number of carboxylic acid groups (broad SMARTS) is 1. The third-order valence-electron chi connectivity index (χ3n) is 3.43. The van der Waals surface area contributed by atoms with Crippen LogP contribution >= 0.6 is 11.3 Å². The molecule has 1 fully saturated rings. The summed E-state index contributed by atoms with van der Waals surface area (Å²) >= 11 is 1.17. The van der Waals surface area contributed by atoms with Crippen molar-refractivity contribution >= 4 is 34.3 Å². The number of urea groups is 1. The standard InChI is InChI=1S/C13H16N2O5S/c1-20-12(18)8-2-5-15(6-3-8)13(19)14-10-9(11(16)17)4-7-21-10/h4,7-8H,2-3,5-6H2,1H3,(H,14,19)(H,16,17). The van der Waals surface area contributed by atoms with Crippen molar-refractivity contribution in [1.82, 2.24) is 4.90 Å². The minimum absolute atomic E-state index is 0.0813. The van der Waals surface area contributed by atoms with E-state index in [0.29, 0.717) is 30.9 Å². The summed E-state index contributed by atoms with van der Waals surface area (Å²) in [6.45, 7) is 0.888. The van der Waals surface area contributed by atoms with Gasteiger partial charge in [-0.1, -0.05) is 0 Å². The molecule has 2 N–H and O–H groups in total. The highest BCUT2D eigenvalue weighted by Crippen LogP contribution is 2.25. The largest absolute Gasteiger partial charge is 0.478 e. The maximum absolute atomic E-state index is 12.1. The normalized spacial score (nSPS) is 15.6. The summed E-state index contributed by atoms with van der Waals surface area (Å²) in [4.78, 5) is 36.1. The van der Waals surface area contributed by atoms with Crippen molar-refractivity contribution in [2.24, 2.45) is 5.92 Å². The molecule has 8 heteroatoms. The van der Waals surface area contributed by atoms with Crippen LogP contribution in [0.2, 0.25) is 0 Å². The number of hydrogen-bond acceptors (Lipinski definition) is 5. The Bertz CT molecular complexity index is 549. The van der Waals surface area contributed by atoms with Gasteiger partial charge in [0.25, 0.3) is 0 Å². The van der Waals surface area contributed by atoms with E-state index < -0.39 is 5.97 Å². The molecule has 0 aromatic carbocycles. The van der Waals surface area contributed by atoms with Crippen molar-refractivity contribution < 1.29 is 24.2 Å². The van der Waals surface area contributed by atoms with Crippen LogP contribution in [0.4, 0.5) is 9.80 Å². The number of anilines is 1. The summed E-state index contributed by atoms with van der Waals surface area (Å²) in [7, 11) is 1.35. The SMILES string of the molecule is COC(=O)C1CCN(C(=O)Nc2sccc2C(=O)O)CC1. The lowest BCUT2D eigenvalue weighted by Gasteiger charge is -2.30. The zero-order chi connectivity index (χ0) is 15.4. The zero-order valence-electron chi connectivity index (χ0n) is 11.5. The van der Waals surface area contributed by atoms with Gasteiger partial charge in [-0.25, -0.2) is 9.59 Å². The van der Waals surface area contributed by atoms with E-state index in [-0.39, 0.29) is 23.5 Å². The number of amides is 2. The molecule has 2 heterocycles. The molecule has 0 bridgehead atoms. The Balaban J connectivity index is 1.92. The molecule has 0 spiro atoms. The first-order valence-corrected chi connectivity index (χ1v) is 7.35. The molecule has 1 aromatic heterocycles. The van der Waals surface area contributed by atoms with E-state index >= 15 is 0 Å². The zero-order valence-corrected chi connectivity index (χ0v) is 12.3. The summed E-state index contributed by atoms with van der Waals surface area (Å²) in [5.41, 5.74) is 0.0813. The smallest absolute Gasteiger partial charge is 0.338 e. The van der Waals surface area contributed by atoms with Gasteiger partial charge in [-0.15, -0.1) is 11.3 Å². The molecule has 0 aliphatic carbocycles. The molecule has 0 radical (unpaired) electrons. The van der Waals surface area contributed by atoms with Gasteiger partial charge in [-0.2, -0.15) is 0 Å². The number of thiophene rings is 1. The second-order valence-corrected chi connectivity index (χ2v) is 5.60. The Morgan fingerprint density at radius 1 is 1.38 bits per heavy atom. The van der Waals surface area contributed by atoms with E-state index in [1.807, 2.05) is 0 Å². The molecule has 0 saturated carbocycles. The number of esters is 1. The minimum atomic E-state index is -1.07. The molecule has 1 aliphatic heterocycles. The maximum atomic E-state index is 12.1. The third kappa shape index (κ3) is 3.52. The lowest BCUT2D eigenvalue weighted by Crippen LogP contribution is -2.42. The number of rotatable bonds is 3. The number of carboxylic acids is 1. The van der Waals surface area contributed by atoms with Crippen molar-refractivity contribution in [3.8, 4) is 0 Å². The molecule has 1 aliphatic rings. The summed E-state index contributed by atoms with van der Waals surface area (Å²) in [5, 5.41) is 13.5. The van der Waals surface area contributed by atoms with Crippen molar-refractivity contribution in [2.75, 3.05) is 25.5 Å². The Labute approximate surface area is 125 Å². The maximum Gasteiger partial charge on any atom is 0.338 e. The molecule has 2 rings (SSSR count). The second kappa shape index (κ2) is 6.57. The Morgan fingerprint density at radius 3 is 2.62 bits per heavy atom. The van der Waals surface area contributed by atoms with Gasteiger partial charge in [-0.3, -0.25) is 10.1 Å². The average Bonchev–Trinajstić information content (AvgIpc) is 2.95. The van der Waals surface area contributed by atoms with E-state index in [1.165, 1.54) is 24.5 Å². The van der Waals surface area contributed by atoms with Gasteiger partial charge in [0.15, 0.2) is 0 Å². The van der Waals surface area contributed by atoms with Gasteiger partial charge in [0.2, 0.25) is 0 Å². The topological polar surface area (TPSA) is 95.9 Å². The van der Waals surface area contributed by atoms with Gasteiger partial charge in [0.1, 0.15) is 5.00 Å². The highest BCUT2D eigenvalue weighted by Gasteiger charge is 2.28. The highest BCUT2D eigenvalue weighted by molar-refractivity contribution is 7.14. The molecular formula is C13H16N2O5S. The Hall–Kier alpha value is -2.09. The van der Waals surface area contributed by atoms with Crippen LogP contribution in [-0.4, -0.2) is 48.2 Å². The van der Waals surface area contributed by atoms with Crippen molar-refractivity contribution in [3.05, 3.63) is 17.0 Å². The highest BCUT2D eigenvalue weighted by atomic mass is 32.1. The van der Waals surface area contributed by atoms with Crippen LogP contribution in [0, 0.1) is 5.92 Å². The van der Waals surface area contributed by atoms with Gasteiger partial charge < -0.3 is 14.7 Å². The fourth-order valence-electron chi connectivity index (χ4n) is 2.24. The molecule has 1 saturated heterocycles. The fraction of sp³-hybridized carbons (Fsp3) is 0.462. The number of ether oxygens (including phenoxy) is 1. The van der Waals surface area contributed by atoms with Crippen molar-refractivity contribution in [1.29, 1.82) is 0 Å². The molecule has 0 atom stereocenters. The number of carbonyl (C=O) groups excluding carboxylic acids is 2. The van der Waals surface area contributed by atoms with Crippen molar-refractivity contribution in [2.45, 2.75) is 12.8 Å². The van der Waals surface area contributed by atoms with Crippen LogP contribution in [-0.2, 0) is 9.53 Å². The van der Waals surface area contributed by atoms with Gasteiger partial charge >= 0.3 is 18.0 Å². The van der Waals surface area contributed by atoms with Gasteiger partial charge in [0.05, 0.1) is 18.6 Å². The summed E-state index contributed by atoms with van der Waals surface area (Å²) in [6, 6.07) is 1.11. The molecule has 2 amide bonds. The number of methoxy groups -OCH3 is 1. The summed E-state index contributed by atoms with van der Waals surface area (Å²) < 4.78 is 4.69. The van der Waals surface area contributed by atoms with Gasteiger partial charge in [-0.05, 0) is 24.3 Å². The monoisotopic (exact) mass is 312 g/mol. The second-order valence-electron chi connectivity index (χ2n) is 4.68. The van der Waals surface area contributed by atoms with E-state index in [4.69, 9.17) is 9.84 Å². The van der Waals surface area contributed by atoms with E-state index in [2.05, 4.69) is 5.32 Å². The number of aromatic carboxylic acids is 1. The first-order valence-electron chi connectivity index (χ1n) is 6.47. The van der Waals surface area contributed by atoms with Crippen LogP contribution in [0.15, 0.2) is 11.4 Å². The first-order chi connectivity index (χ1) is 10.0. The fourth-order valence-corrected chi connectivity index (χ4v) is 3.00. The minimum Gasteiger partial charge on any atom is -0.478 e. The number of likely N-dealkylation sites (tertiary alicyclic amines) is 1. The lowest BCUT2D eigenvalue weighted by molar-refractivity contribution is -0.146. The number of carbonyl (C=O) groups is 3. The molecule has 1 aromatic rings. The number of piperidine rings is 1. The number of nitrogens with one attached hydrogen (secondary N) is 1. The van der Waals surface area contributed by atoms with E-state index in [1.54, 1.807) is 10.3 Å².